The van der Waals surface area contributed by atoms with Crippen LogP contribution in [0.2, 0.25) is 0 Å². The number of benzene rings is 1. The first-order valence-electron chi connectivity index (χ1n) is 5.70. The highest BCUT2D eigenvalue weighted by Crippen LogP contribution is 2.24. The SMILES string of the molecule is Cc1ccc(CC(C(C)C)C(C)Cl)cc1. The highest BCUT2D eigenvalue weighted by Gasteiger charge is 2.19. The smallest absolute Gasteiger partial charge is 0.0341 e. The van der Waals surface area contributed by atoms with Gasteiger partial charge in [-0.05, 0) is 37.7 Å². The van der Waals surface area contributed by atoms with Gasteiger partial charge in [0.1, 0.15) is 0 Å². The lowest BCUT2D eigenvalue weighted by Crippen LogP contribution is -2.20. The molecule has 2 atom stereocenters. The monoisotopic (exact) mass is 224 g/mol. The molecule has 1 aromatic carbocycles. The van der Waals surface area contributed by atoms with E-state index in [1.807, 2.05) is 0 Å². The summed E-state index contributed by atoms with van der Waals surface area (Å²) in [5, 5.41) is 0.242. The molecule has 0 saturated carbocycles. The summed E-state index contributed by atoms with van der Waals surface area (Å²) in [7, 11) is 0. The fourth-order valence-electron chi connectivity index (χ4n) is 1.92. The Hall–Kier alpha value is -0.490. The molecule has 0 aliphatic carbocycles. The Morgan fingerprint density at radius 2 is 1.60 bits per heavy atom. The molecule has 0 nitrogen and oxygen atoms in total. The molecule has 0 fully saturated rings. The average molecular weight is 225 g/mol. The maximum Gasteiger partial charge on any atom is 0.0341 e. The largest absolute Gasteiger partial charge is 0.123 e. The summed E-state index contributed by atoms with van der Waals surface area (Å²) >= 11 is 6.22. The molecule has 0 radical (unpaired) electrons. The van der Waals surface area contributed by atoms with Crippen molar-refractivity contribution in [3.8, 4) is 0 Å². The molecule has 0 spiro atoms. The molecular formula is C14H21Cl. The van der Waals surface area contributed by atoms with Gasteiger partial charge in [0.05, 0.1) is 0 Å². The van der Waals surface area contributed by atoms with E-state index < -0.39 is 0 Å². The lowest BCUT2D eigenvalue weighted by Gasteiger charge is -2.23. The standard InChI is InChI=1S/C14H21Cl/c1-10(2)14(12(4)15)9-13-7-5-11(3)6-8-13/h5-8,10,12,14H,9H2,1-4H3. The summed E-state index contributed by atoms with van der Waals surface area (Å²) in [6.45, 7) is 8.71. The van der Waals surface area contributed by atoms with Gasteiger partial charge in [0, 0.05) is 5.38 Å². The minimum absolute atomic E-state index is 0.242. The second-order valence-electron chi connectivity index (χ2n) is 4.78. The number of hydrogen-bond acceptors (Lipinski definition) is 0. The molecule has 0 saturated heterocycles. The van der Waals surface area contributed by atoms with Crippen molar-refractivity contribution in [1.82, 2.24) is 0 Å². The fraction of sp³-hybridized carbons (Fsp3) is 0.571. The van der Waals surface area contributed by atoms with E-state index in [9.17, 15) is 0 Å². The van der Waals surface area contributed by atoms with Crippen LogP contribution in [0.4, 0.5) is 0 Å². The van der Waals surface area contributed by atoms with E-state index in [0.29, 0.717) is 11.8 Å². The predicted octanol–water partition coefficient (Wildman–Crippen LogP) is 4.44. The zero-order valence-corrected chi connectivity index (χ0v) is 10.9. The highest BCUT2D eigenvalue weighted by atomic mass is 35.5. The molecule has 1 aromatic rings. The molecular weight excluding hydrogens is 204 g/mol. The summed E-state index contributed by atoms with van der Waals surface area (Å²) in [4.78, 5) is 0. The van der Waals surface area contributed by atoms with Crippen LogP contribution in [0, 0.1) is 18.8 Å². The second-order valence-corrected chi connectivity index (χ2v) is 5.46. The molecule has 0 bridgehead atoms. The third kappa shape index (κ3) is 3.87. The van der Waals surface area contributed by atoms with Gasteiger partial charge in [-0.2, -0.15) is 0 Å². The van der Waals surface area contributed by atoms with Gasteiger partial charge >= 0.3 is 0 Å². The van der Waals surface area contributed by atoms with Crippen molar-refractivity contribution in [3.05, 3.63) is 35.4 Å². The molecule has 1 heteroatoms. The van der Waals surface area contributed by atoms with Crippen LogP contribution in [-0.2, 0) is 6.42 Å². The summed E-state index contributed by atoms with van der Waals surface area (Å²) in [6.07, 6.45) is 1.09. The zero-order valence-electron chi connectivity index (χ0n) is 10.1. The zero-order chi connectivity index (χ0) is 11.4. The van der Waals surface area contributed by atoms with Crippen LogP contribution < -0.4 is 0 Å². The maximum atomic E-state index is 6.22. The van der Waals surface area contributed by atoms with E-state index in [2.05, 4.69) is 52.0 Å². The van der Waals surface area contributed by atoms with Crippen molar-refractivity contribution >= 4 is 11.6 Å². The van der Waals surface area contributed by atoms with Crippen molar-refractivity contribution in [1.29, 1.82) is 0 Å². The molecule has 0 heterocycles. The Kier molecular flexibility index (Phi) is 4.66. The number of rotatable bonds is 4. The van der Waals surface area contributed by atoms with Gasteiger partial charge in [-0.25, -0.2) is 0 Å². The van der Waals surface area contributed by atoms with Crippen LogP contribution in [0.15, 0.2) is 24.3 Å². The van der Waals surface area contributed by atoms with Crippen LogP contribution in [0.1, 0.15) is 31.9 Å². The Balaban J connectivity index is 2.70. The first-order valence-corrected chi connectivity index (χ1v) is 6.14. The van der Waals surface area contributed by atoms with Crippen LogP contribution in [0.25, 0.3) is 0 Å². The summed E-state index contributed by atoms with van der Waals surface area (Å²) < 4.78 is 0. The number of aryl methyl sites for hydroxylation is 1. The molecule has 15 heavy (non-hydrogen) atoms. The van der Waals surface area contributed by atoms with Crippen molar-refractivity contribution in [2.24, 2.45) is 11.8 Å². The van der Waals surface area contributed by atoms with Crippen LogP contribution >= 0.6 is 11.6 Å². The van der Waals surface area contributed by atoms with Crippen molar-refractivity contribution < 1.29 is 0 Å². The Bertz CT molecular complexity index is 277. The van der Waals surface area contributed by atoms with Gasteiger partial charge in [-0.1, -0.05) is 43.7 Å². The van der Waals surface area contributed by atoms with E-state index in [4.69, 9.17) is 11.6 Å². The van der Waals surface area contributed by atoms with Crippen LogP contribution in [-0.4, -0.2) is 5.38 Å². The summed E-state index contributed by atoms with van der Waals surface area (Å²) in [5.41, 5.74) is 2.71. The Morgan fingerprint density at radius 3 is 2.00 bits per heavy atom. The normalized spacial score (nSPS) is 15.3. The van der Waals surface area contributed by atoms with Crippen molar-refractivity contribution in [3.63, 3.8) is 0 Å². The lowest BCUT2D eigenvalue weighted by atomic mass is 9.87. The van der Waals surface area contributed by atoms with E-state index in [-0.39, 0.29) is 5.38 Å². The highest BCUT2D eigenvalue weighted by molar-refractivity contribution is 6.20. The van der Waals surface area contributed by atoms with Gasteiger partial charge in [0.25, 0.3) is 0 Å². The van der Waals surface area contributed by atoms with Gasteiger partial charge < -0.3 is 0 Å². The van der Waals surface area contributed by atoms with E-state index in [1.165, 1.54) is 11.1 Å². The number of alkyl halides is 1. The molecule has 0 N–H and O–H groups in total. The van der Waals surface area contributed by atoms with Crippen LogP contribution in [0.5, 0.6) is 0 Å². The molecule has 0 aromatic heterocycles. The van der Waals surface area contributed by atoms with E-state index in [1.54, 1.807) is 0 Å². The quantitative estimate of drug-likeness (QED) is 0.664. The first-order chi connectivity index (χ1) is 7.00. The van der Waals surface area contributed by atoms with Gasteiger partial charge in [0.15, 0.2) is 0 Å². The molecule has 0 aliphatic rings. The maximum absolute atomic E-state index is 6.22. The predicted molar refractivity (Wildman–Crippen MR) is 68.5 cm³/mol. The van der Waals surface area contributed by atoms with Gasteiger partial charge in [-0.15, -0.1) is 11.6 Å². The minimum Gasteiger partial charge on any atom is -0.123 e. The third-order valence-electron chi connectivity index (χ3n) is 3.04. The molecule has 0 aliphatic heterocycles. The van der Waals surface area contributed by atoms with Crippen molar-refractivity contribution in [2.75, 3.05) is 0 Å². The molecule has 0 amide bonds. The summed E-state index contributed by atoms with van der Waals surface area (Å²) in [5.74, 6) is 1.20. The molecule has 2 unspecified atom stereocenters. The van der Waals surface area contributed by atoms with Crippen molar-refractivity contribution in [2.45, 2.75) is 39.5 Å². The Labute approximate surface area is 98.7 Å². The van der Waals surface area contributed by atoms with E-state index >= 15 is 0 Å². The van der Waals surface area contributed by atoms with Gasteiger partial charge in [0.2, 0.25) is 0 Å². The first kappa shape index (κ1) is 12.6. The van der Waals surface area contributed by atoms with E-state index in [0.717, 1.165) is 6.42 Å². The average Bonchev–Trinajstić information content (AvgIpc) is 2.15. The third-order valence-corrected chi connectivity index (χ3v) is 3.36. The fourth-order valence-corrected chi connectivity index (χ4v) is 2.30. The second kappa shape index (κ2) is 5.55. The molecule has 84 valence electrons. The summed E-state index contributed by atoms with van der Waals surface area (Å²) in [6, 6.07) is 8.77. The van der Waals surface area contributed by atoms with Crippen LogP contribution in [0.3, 0.4) is 0 Å². The Morgan fingerprint density at radius 1 is 1.07 bits per heavy atom. The topological polar surface area (TPSA) is 0 Å². The van der Waals surface area contributed by atoms with Gasteiger partial charge in [-0.3, -0.25) is 0 Å². The minimum atomic E-state index is 0.242. The molecule has 1 rings (SSSR count). The lowest BCUT2D eigenvalue weighted by molar-refractivity contribution is 0.376. The number of hydrogen-bond donors (Lipinski definition) is 0. The number of halogens is 1.